The summed E-state index contributed by atoms with van der Waals surface area (Å²) in [6, 6.07) is 0.853. The van der Waals surface area contributed by atoms with E-state index in [2.05, 4.69) is 10.6 Å². The van der Waals surface area contributed by atoms with Crippen LogP contribution in [-0.2, 0) is 4.74 Å². The molecule has 1 amide bonds. The molecule has 1 unspecified atom stereocenters. The fourth-order valence-corrected chi connectivity index (χ4v) is 2.51. The maximum Gasteiger partial charge on any atom is 0.410 e. The Morgan fingerprint density at radius 1 is 1.37 bits per heavy atom. The quantitative estimate of drug-likeness (QED) is 0.812. The minimum atomic E-state index is -0.412. The van der Waals surface area contributed by atoms with Gasteiger partial charge in [0, 0.05) is 38.3 Å². The predicted octanol–water partition coefficient (Wildman–Crippen LogP) is 1.34. The molecular formula is C14H27N3O2. The van der Waals surface area contributed by atoms with Crippen molar-refractivity contribution in [1.82, 2.24) is 15.5 Å². The third-order valence-electron chi connectivity index (χ3n) is 3.68. The Kier molecular flexibility index (Phi) is 4.68. The molecule has 110 valence electrons. The highest BCUT2D eigenvalue weighted by atomic mass is 16.6. The zero-order chi connectivity index (χ0) is 13.9. The molecular weight excluding hydrogens is 242 g/mol. The van der Waals surface area contributed by atoms with Gasteiger partial charge in [-0.3, -0.25) is 0 Å². The van der Waals surface area contributed by atoms with E-state index in [-0.39, 0.29) is 12.1 Å². The second-order valence-corrected chi connectivity index (χ2v) is 6.59. The van der Waals surface area contributed by atoms with E-state index < -0.39 is 5.60 Å². The van der Waals surface area contributed by atoms with Crippen molar-refractivity contribution in [3.8, 4) is 0 Å². The van der Waals surface area contributed by atoms with Crippen molar-refractivity contribution in [2.75, 3.05) is 26.2 Å². The minimum absolute atomic E-state index is 0.161. The molecule has 1 atom stereocenters. The Morgan fingerprint density at radius 2 is 2.11 bits per heavy atom. The number of carbonyl (C=O) groups is 1. The van der Waals surface area contributed by atoms with Gasteiger partial charge in [0.2, 0.25) is 0 Å². The number of rotatable bonds is 3. The maximum absolute atomic E-state index is 12.2. The summed E-state index contributed by atoms with van der Waals surface area (Å²) in [5.41, 5.74) is -0.412. The summed E-state index contributed by atoms with van der Waals surface area (Å²) >= 11 is 0. The minimum Gasteiger partial charge on any atom is -0.444 e. The van der Waals surface area contributed by atoms with Gasteiger partial charge in [-0.1, -0.05) is 0 Å². The van der Waals surface area contributed by atoms with Gasteiger partial charge < -0.3 is 20.3 Å². The normalized spacial score (nSPS) is 25.0. The topological polar surface area (TPSA) is 53.6 Å². The molecule has 0 aromatic carbocycles. The third kappa shape index (κ3) is 4.35. The zero-order valence-corrected chi connectivity index (χ0v) is 12.4. The van der Waals surface area contributed by atoms with Crippen molar-refractivity contribution in [2.24, 2.45) is 0 Å². The van der Waals surface area contributed by atoms with E-state index in [1.807, 2.05) is 25.7 Å². The SMILES string of the molecule is CC(C)(C)OC(=O)N1CCCCC1CNC1CNC1. The van der Waals surface area contributed by atoms with Crippen LogP contribution in [0.3, 0.4) is 0 Å². The number of hydrogen-bond donors (Lipinski definition) is 2. The molecule has 2 aliphatic rings. The first kappa shape index (κ1) is 14.6. The molecule has 2 N–H and O–H groups in total. The first-order chi connectivity index (χ1) is 8.96. The van der Waals surface area contributed by atoms with Gasteiger partial charge in [-0.2, -0.15) is 0 Å². The summed E-state index contributed by atoms with van der Waals surface area (Å²) in [5, 5.41) is 6.77. The summed E-state index contributed by atoms with van der Waals surface area (Å²) in [5.74, 6) is 0. The van der Waals surface area contributed by atoms with Crippen LogP contribution in [0.2, 0.25) is 0 Å². The van der Waals surface area contributed by atoms with Gasteiger partial charge in [0.1, 0.15) is 5.60 Å². The lowest BCUT2D eigenvalue weighted by molar-refractivity contribution is 0.00947. The van der Waals surface area contributed by atoms with Crippen LogP contribution in [0.25, 0.3) is 0 Å². The standard InChI is InChI=1S/C14H27N3O2/c1-14(2,3)19-13(18)17-7-5-4-6-12(17)10-16-11-8-15-9-11/h11-12,15-16H,4-10H2,1-3H3. The third-order valence-corrected chi connectivity index (χ3v) is 3.68. The Labute approximate surface area is 116 Å². The van der Waals surface area contributed by atoms with Crippen LogP contribution < -0.4 is 10.6 Å². The van der Waals surface area contributed by atoms with E-state index >= 15 is 0 Å². The molecule has 0 spiro atoms. The lowest BCUT2D eigenvalue weighted by atomic mass is 10.0. The lowest BCUT2D eigenvalue weighted by Crippen LogP contribution is -2.59. The number of amides is 1. The number of carbonyl (C=O) groups excluding carboxylic acids is 1. The zero-order valence-electron chi connectivity index (χ0n) is 12.4. The lowest BCUT2D eigenvalue weighted by Gasteiger charge is -2.38. The van der Waals surface area contributed by atoms with Gasteiger partial charge in [-0.15, -0.1) is 0 Å². The molecule has 2 rings (SSSR count). The summed E-state index contributed by atoms with van der Waals surface area (Å²) in [4.78, 5) is 14.1. The molecule has 0 saturated carbocycles. The van der Waals surface area contributed by atoms with Crippen LogP contribution in [0.1, 0.15) is 40.0 Å². The van der Waals surface area contributed by atoms with Crippen molar-refractivity contribution < 1.29 is 9.53 Å². The molecule has 2 aliphatic heterocycles. The molecule has 0 bridgehead atoms. The number of likely N-dealkylation sites (tertiary alicyclic amines) is 1. The van der Waals surface area contributed by atoms with Gasteiger partial charge in [-0.05, 0) is 40.0 Å². The Morgan fingerprint density at radius 3 is 2.68 bits per heavy atom. The second kappa shape index (κ2) is 6.09. The average molecular weight is 269 g/mol. The van der Waals surface area contributed by atoms with Crippen LogP contribution >= 0.6 is 0 Å². The van der Waals surface area contributed by atoms with E-state index in [0.717, 1.165) is 39.0 Å². The van der Waals surface area contributed by atoms with Gasteiger partial charge in [0.25, 0.3) is 0 Å². The summed E-state index contributed by atoms with van der Waals surface area (Å²) in [6.45, 7) is 9.54. The predicted molar refractivity (Wildman–Crippen MR) is 75.2 cm³/mol. The van der Waals surface area contributed by atoms with Crippen LogP contribution in [0.15, 0.2) is 0 Å². The van der Waals surface area contributed by atoms with Crippen molar-refractivity contribution in [3.05, 3.63) is 0 Å². The molecule has 0 aromatic rings. The first-order valence-corrected chi connectivity index (χ1v) is 7.39. The average Bonchev–Trinajstić information content (AvgIpc) is 2.25. The van der Waals surface area contributed by atoms with E-state index in [9.17, 15) is 4.79 Å². The van der Waals surface area contributed by atoms with Gasteiger partial charge in [-0.25, -0.2) is 4.79 Å². The first-order valence-electron chi connectivity index (χ1n) is 7.39. The molecule has 5 nitrogen and oxygen atoms in total. The summed E-state index contributed by atoms with van der Waals surface area (Å²) in [7, 11) is 0. The molecule has 0 aromatic heterocycles. The fourth-order valence-electron chi connectivity index (χ4n) is 2.51. The Bertz CT molecular complexity index is 310. The fraction of sp³-hybridized carbons (Fsp3) is 0.929. The van der Waals surface area contributed by atoms with Gasteiger partial charge in [0.05, 0.1) is 0 Å². The number of piperidine rings is 1. The highest BCUT2D eigenvalue weighted by molar-refractivity contribution is 5.68. The van der Waals surface area contributed by atoms with Crippen LogP contribution in [0, 0.1) is 0 Å². The van der Waals surface area contributed by atoms with Crippen LogP contribution in [0.4, 0.5) is 4.79 Å². The molecule has 5 heteroatoms. The van der Waals surface area contributed by atoms with Crippen molar-refractivity contribution in [3.63, 3.8) is 0 Å². The molecule has 0 aliphatic carbocycles. The smallest absolute Gasteiger partial charge is 0.410 e. The van der Waals surface area contributed by atoms with E-state index in [1.165, 1.54) is 6.42 Å². The molecule has 2 heterocycles. The molecule has 0 radical (unpaired) electrons. The largest absolute Gasteiger partial charge is 0.444 e. The van der Waals surface area contributed by atoms with Crippen LogP contribution in [0.5, 0.6) is 0 Å². The van der Waals surface area contributed by atoms with Crippen molar-refractivity contribution in [2.45, 2.75) is 57.7 Å². The number of ether oxygens (including phenoxy) is 1. The van der Waals surface area contributed by atoms with Gasteiger partial charge >= 0.3 is 6.09 Å². The number of nitrogens with one attached hydrogen (secondary N) is 2. The van der Waals surface area contributed by atoms with E-state index in [4.69, 9.17) is 4.74 Å². The van der Waals surface area contributed by atoms with Crippen LogP contribution in [-0.4, -0.2) is 54.9 Å². The summed E-state index contributed by atoms with van der Waals surface area (Å²) in [6.07, 6.45) is 3.20. The highest BCUT2D eigenvalue weighted by Gasteiger charge is 2.31. The summed E-state index contributed by atoms with van der Waals surface area (Å²) < 4.78 is 5.50. The molecule has 2 fully saturated rings. The van der Waals surface area contributed by atoms with E-state index in [0.29, 0.717) is 6.04 Å². The number of hydrogen-bond acceptors (Lipinski definition) is 4. The Hall–Kier alpha value is -0.810. The van der Waals surface area contributed by atoms with E-state index in [1.54, 1.807) is 0 Å². The van der Waals surface area contributed by atoms with Gasteiger partial charge in [0.15, 0.2) is 0 Å². The monoisotopic (exact) mass is 269 g/mol. The molecule has 2 saturated heterocycles. The number of nitrogens with zero attached hydrogens (tertiary/aromatic N) is 1. The second-order valence-electron chi connectivity index (χ2n) is 6.59. The maximum atomic E-state index is 12.2. The highest BCUT2D eigenvalue weighted by Crippen LogP contribution is 2.20. The van der Waals surface area contributed by atoms with Crippen molar-refractivity contribution in [1.29, 1.82) is 0 Å². The van der Waals surface area contributed by atoms with Crippen molar-refractivity contribution >= 4 is 6.09 Å². The molecule has 19 heavy (non-hydrogen) atoms. The Balaban J connectivity index is 1.85.